The quantitative estimate of drug-likeness (QED) is 0.852. The third-order valence-electron chi connectivity index (χ3n) is 5.29. The first-order chi connectivity index (χ1) is 8.79. The van der Waals surface area contributed by atoms with Gasteiger partial charge in [-0.25, -0.2) is 9.97 Å². The fourth-order valence-electron chi connectivity index (χ4n) is 4.50. The molecule has 1 N–H and O–H groups in total. The Morgan fingerprint density at radius 1 is 1.28 bits per heavy atom. The van der Waals surface area contributed by atoms with Crippen molar-refractivity contribution in [3.05, 3.63) is 17.0 Å². The molecule has 3 aliphatic carbocycles. The Morgan fingerprint density at radius 3 is 2.67 bits per heavy atom. The maximum absolute atomic E-state index is 6.13. The summed E-state index contributed by atoms with van der Waals surface area (Å²) in [5.74, 6) is 4.78. The van der Waals surface area contributed by atoms with Crippen molar-refractivity contribution in [1.82, 2.24) is 9.97 Å². The molecule has 3 fully saturated rings. The molecule has 3 saturated carbocycles. The number of nitrogens with one attached hydrogen (secondary N) is 1. The van der Waals surface area contributed by atoms with E-state index in [1.165, 1.54) is 19.3 Å². The second-order valence-corrected chi connectivity index (χ2v) is 6.36. The molecule has 0 aliphatic heterocycles. The van der Waals surface area contributed by atoms with E-state index in [-0.39, 0.29) is 0 Å². The second kappa shape index (κ2) is 3.83. The van der Waals surface area contributed by atoms with E-state index >= 15 is 0 Å². The molecule has 4 atom stereocenters. The molecule has 1 aromatic heterocycles. The summed E-state index contributed by atoms with van der Waals surface area (Å²) in [7, 11) is 0. The first kappa shape index (κ1) is 11.0. The Labute approximate surface area is 112 Å². The van der Waals surface area contributed by atoms with E-state index in [0.29, 0.717) is 11.2 Å². The van der Waals surface area contributed by atoms with Crippen LogP contribution in [0.3, 0.4) is 0 Å². The highest BCUT2D eigenvalue weighted by Gasteiger charge is 2.65. The summed E-state index contributed by atoms with van der Waals surface area (Å²) in [6.07, 6.45) is 6.84. The fraction of sp³-hybridized carbons (Fsp3) is 0.714. The molecule has 0 saturated heterocycles. The van der Waals surface area contributed by atoms with Gasteiger partial charge in [-0.1, -0.05) is 18.5 Å². The summed E-state index contributed by atoms with van der Waals surface area (Å²) in [6.45, 7) is 2.10. The minimum absolute atomic E-state index is 0.601. The van der Waals surface area contributed by atoms with Crippen LogP contribution in [0.15, 0.2) is 6.33 Å². The number of hydrogen-bond donors (Lipinski definition) is 1. The Hall–Kier alpha value is -0.830. The summed E-state index contributed by atoms with van der Waals surface area (Å²) in [5, 5.41) is 4.24. The lowest BCUT2D eigenvalue weighted by Crippen LogP contribution is -2.15. The molecule has 0 aromatic carbocycles. The lowest BCUT2D eigenvalue weighted by molar-refractivity contribution is 0.456. The number of hydrogen-bond acceptors (Lipinski definition) is 3. The summed E-state index contributed by atoms with van der Waals surface area (Å²) in [5.41, 5.74) is 1.07. The van der Waals surface area contributed by atoms with E-state index in [1.54, 1.807) is 6.33 Å². The van der Waals surface area contributed by atoms with Gasteiger partial charge in [-0.05, 0) is 49.4 Å². The zero-order chi connectivity index (χ0) is 12.3. The van der Waals surface area contributed by atoms with Crippen LogP contribution in [0.4, 0.5) is 5.82 Å². The standard InChI is InChI=1S/C14H18ClN3/c1-2-9-13(15)16-6-17-14(9)18-12-10-7-3-4-8(5-7)11(10)12/h6-8,10-12H,2-5H2,1H3,(H,16,17,18). The van der Waals surface area contributed by atoms with Gasteiger partial charge in [0.25, 0.3) is 0 Å². The molecule has 0 radical (unpaired) electrons. The molecule has 4 heteroatoms. The van der Waals surface area contributed by atoms with Crippen LogP contribution in [-0.2, 0) is 6.42 Å². The molecule has 0 amide bonds. The average Bonchev–Trinajstić information content (AvgIpc) is 2.78. The summed E-state index contributed by atoms with van der Waals surface area (Å²) in [4.78, 5) is 8.45. The first-order valence-electron chi connectivity index (χ1n) is 7.05. The Morgan fingerprint density at radius 2 is 2.00 bits per heavy atom. The van der Waals surface area contributed by atoms with E-state index in [9.17, 15) is 0 Å². The maximum Gasteiger partial charge on any atom is 0.137 e. The van der Waals surface area contributed by atoms with Gasteiger partial charge in [0, 0.05) is 11.6 Å². The van der Waals surface area contributed by atoms with Gasteiger partial charge in [0.05, 0.1) is 0 Å². The lowest BCUT2D eigenvalue weighted by Gasteiger charge is -2.13. The van der Waals surface area contributed by atoms with Gasteiger partial charge in [0.15, 0.2) is 0 Å². The van der Waals surface area contributed by atoms with Crippen LogP contribution in [0.5, 0.6) is 0 Å². The van der Waals surface area contributed by atoms with E-state index in [4.69, 9.17) is 11.6 Å². The van der Waals surface area contributed by atoms with Gasteiger partial charge in [0.2, 0.25) is 0 Å². The number of aromatic nitrogens is 2. The molecule has 4 rings (SSSR count). The molecule has 4 unspecified atom stereocenters. The number of halogens is 1. The third kappa shape index (κ3) is 1.43. The SMILES string of the molecule is CCc1c(Cl)ncnc1NC1C2C3CCC(C3)C12. The predicted octanol–water partition coefficient (Wildman–Crippen LogP) is 3.15. The van der Waals surface area contributed by atoms with Crippen molar-refractivity contribution in [2.75, 3.05) is 5.32 Å². The monoisotopic (exact) mass is 263 g/mol. The molecule has 1 heterocycles. The number of nitrogens with zero attached hydrogens (tertiary/aromatic N) is 2. The molecule has 3 aliphatic rings. The van der Waals surface area contributed by atoms with Gasteiger partial charge in [0.1, 0.15) is 17.3 Å². The van der Waals surface area contributed by atoms with Crippen molar-refractivity contribution in [1.29, 1.82) is 0 Å². The van der Waals surface area contributed by atoms with Crippen LogP contribution >= 0.6 is 11.6 Å². The van der Waals surface area contributed by atoms with Crippen molar-refractivity contribution in [2.24, 2.45) is 23.7 Å². The molecule has 0 spiro atoms. The van der Waals surface area contributed by atoms with Gasteiger partial charge in [-0.15, -0.1) is 0 Å². The molecule has 3 nitrogen and oxygen atoms in total. The molecular formula is C14H18ClN3. The zero-order valence-corrected chi connectivity index (χ0v) is 11.3. The van der Waals surface area contributed by atoms with E-state index in [2.05, 4.69) is 22.2 Å². The number of fused-ring (bicyclic) bond motifs is 5. The molecule has 1 aromatic rings. The smallest absolute Gasteiger partial charge is 0.137 e. The normalized spacial score (nSPS) is 39.8. The maximum atomic E-state index is 6.13. The van der Waals surface area contributed by atoms with Crippen molar-refractivity contribution >= 4 is 17.4 Å². The van der Waals surface area contributed by atoms with Crippen molar-refractivity contribution < 1.29 is 0 Å². The Kier molecular flexibility index (Phi) is 2.35. The van der Waals surface area contributed by atoms with Gasteiger partial charge in [-0.2, -0.15) is 0 Å². The third-order valence-corrected chi connectivity index (χ3v) is 5.61. The average molecular weight is 264 g/mol. The van der Waals surface area contributed by atoms with Crippen LogP contribution in [-0.4, -0.2) is 16.0 Å². The van der Waals surface area contributed by atoms with E-state index in [0.717, 1.165) is 41.5 Å². The Balaban J connectivity index is 1.55. The summed E-state index contributed by atoms with van der Waals surface area (Å²) in [6, 6.07) is 0.660. The minimum atomic E-state index is 0.601. The van der Waals surface area contributed by atoms with Crippen LogP contribution in [0, 0.1) is 23.7 Å². The zero-order valence-electron chi connectivity index (χ0n) is 10.6. The van der Waals surface area contributed by atoms with Crippen molar-refractivity contribution in [2.45, 2.75) is 38.6 Å². The topological polar surface area (TPSA) is 37.8 Å². The molecular weight excluding hydrogens is 246 g/mol. The van der Waals surface area contributed by atoms with E-state index in [1.807, 2.05) is 0 Å². The summed E-state index contributed by atoms with van der Waals surface area (Å²) >= 11 is 6.13. The van der Waals surface area contributed by atoms with Gasteiger partial charge >= 0.3 is 0 Å². The predicted molar refractivity (Wildman–Crippen MR) is 71.6 cm³/mol. The fourth-order valence-corrected chi connectivity index (χ4v) is 4.77. The second-order valence-electron chi connectivity index (χ2n) is 6.00. The largest absolute Gasteiger partial charge is 0.366 e. The Bertz CT molecular complexity index is 474. The highest BCUT2D eigenvalue weighted by Crippen LogP contribution is 2.66. The van der Waals surface area contributed by atoms with Crippen molar-refractivity contribution in [3.63, 3.8) is 0 Å². The highest BCUT2D eigenvalue weighted by molar-refractivity contribution is 6.30. The van der Waals surface area contributed by atoms with E-state index < -0.39 is 0 Å². The van der Waals surface area contributed by atoms with Crippen LogP contribution < -0.4 is 5.32 Å². The number of anilines is 1. The molecule has 18 heavy (non-hydrogen) atoms. The molecule has 2 bridgehead atoms. The van der Waals surface area contributed by atoms with Crippen LogP contribution in [0.2, 0.25) is 5.15 Å². The minimum Gasteiger partial charge on any atom is -0.366 e. The van der Waals surface area contributed by atoms with Crippen molar-refractivity contribution in [3.8, 4) is 0 Å². The first-order valence-corrected chi connectivity index (χ1v) is 7.43. The number of rotatable bonds is 3. The van der Waals surface area contributed by atoms with Gasteiger partial charge < -0.3 is 5.32 Å². The van der Waals surface area contributed by atoms with Gasteiger partial charge in [-0.3, -0.25) is 0 Å². The van der Waals surface area contributed by atoms with Crippen LogP contribution in [0.25, 0.3) is 0 Å². The summed E-state index contributed by atoms with van der Waals surface area (Å²) < 4.78 is 0. The molecule has 96 valence electrons. The lowest BCUT2D eigenvalue weighted by atomic mass is 10.0. The van der Waals surface area contributed by atoms with Crippen LogP contribution in [0.1, 0.15) is 31.7 Å². The highest BCUT2D eigenvalue weighted by atomic mass is 35.5.